The van der Waals surface area contributed by atoms with E-state index in [4.69, 9.17) is 0 Å². The van der Waals surface area contributed by atoms with Crippen molar-refractivity contribution < 1.29 is 10.0 Å². The molecule has 0 radical (unpaired) electrons. The fourth-order valence-corrected chi connectivity index (χ4v) is 2.59. The van der Waals surface area contributed by atoms with Gasteiger partial charge in [-0.1, -0.05) is 18.6 Å². The van der Waals surface area contributed by atoms with Crippen LogP contribution in [-0.4, -0.2) is 22.7 Å². The van der Waals surface area contributed by atoms with Crippen molar-refractivity contribution in [3.63, 3.8) is 0 Å². The summed E-state index contributed by atoms with van der Waals surface area (Å²) >= 11 is 0. The molecule has 1 aromatic carbocycles. The smallest absolute Gasteiger partial charge is 0.269 e. The standard InChI is InChI=1S/C14H20N2O3/c1-10(15-9-12-3-2-4-14(12)17)11-5-7-13(8-6-11)16(18)19/h5-8,10,12,14-15,17H,2-4,9H2,1H3. The van der Waals surface area contributed by atoms with Crippen LogP contribution in [0.3, 0.4) is 0 Å². The van der Waals surface area contributed by atoms with Crippen molar-refractivity contribution in [2.24, 2.45) is 5.92 Å². The molecule has 2 rings (SSSR count). The highest BCUT2D eigenvalue weighted by Gasteiger charge is 2.25. The maximum Gasteiger partial charge on any atom is 0.269 e. The fourth-order valence-electron chi connectivity index (χ4n) is 2.59. The molecule has 5 heteroatoms. The molecule has 0 spiro atoms. The third kappa shape index (κ3) is 3.52. The molecule has 5 nitrogen and oxygen atoms in total. The summed E-state index contributed by atoms with van der Waals surface area (Å²) in [5, 5.41) is 23.7. The summed E-state index contributed by atoms with van der Waals surface area (Å²) in [6, 6.07) is 6.74. The minimum atomic E-state index is -0.392. The SMILES string of the molecule is CC(NCC1CCCC1O)c1ccc([N+](=O)[O-])cc1. The third-order valence-electron chi connectivity index (χ3n) is 3.91. The van der Waals surface area contributed by atoms with Crippen LogP contribution in [0.25, 0.3) is 0 Å². The van der Waals surface area contributed by atoms with Crippen molar-refractivity contribution in [1.82, 2.24) is 5.32 Å². The van der Waals surface area contributed by atoms with Crippen molar-refractivity contribution in [2.45, 2.75) is 38.3 Å². The Balaban J connectivity index is 1.88. The van der Waals surface area contributed by atoms with Gasteiger partial charge < -0.3 is 10.4 Å². The molecule has 0 saturated heterocycles. The Labute approximate surface area is 112 Å². The van der Waals surface area contributed by atoms with Crippen molar-refractivity contribution in [3.05, 3.63) is 39.9 Å². The number of nitro groups is 1. The monoisotopic (exact) mass is 264 g/mol. The molecule has 2 N–H and O–H groups in total. The molecule has 0 amide bonds. The van der Waals surface area contributed by atoms with Gasteiger partial charge in [0.15, 0.2) is 0 Å². The summed E-state index contributed by atoms with van der Waals surface area (Å²) in [4.78, 5) is 10.2. The molecule has 0 bridgehead atoms. The van der Waals surface area contributed by atoms with E-state index in [9.17, 15) is 15.2 Å². The lowest BCUT2D eigenvalue weighted by atomic mass is 10.0. The number of nitrogens with one attached hydrogen (secondary N) is 1. The topological polar surface area (TPSA) is 75.4 Å². The van der Waals surface area contributed by atoms with Gasteiger partial charge in [-0.2, -0.15) is 0 Å². The highest BCUT2D eigenvalue weighted by atomic mass is 16.6. The molecule has 0 aromatic heterocycles. The summed E-state index contributed by atoms with van der Waals surface area (Å²) in [5.74, 6) is 0.334. The number of rotatable bonds is 5. The molecule has 0 heterocycles. The first-order valence-electron chi connectivity index (χ1n) is 6.73. The molecule has 3 unspecified atom stereocenters. The first kappa shape index (κ1) is 14.0. The number of hydrogen-bond acceptors (Lipinski definition) is 4. The first-order valence-corrected chi connectivity index (χ1v) is 6.73. The summed E-state index contributed by atoms with van der Waals surface area (Å²) in [6.45, 7) is 2.82. The molecule has 1 aromatic rings. The zero-order valence-electron chi connectivity index (χ0n) is 11.1. The minimum absolute atomic E-state index is 0.113. The predicted molar refractivity (Wildman–Crippen MR) is 72.9 cm³/mol. The second-order valence-corrected chi connectivity index (χ2v) is 5.24. The minimum Gasteiger partial charge on any atom is -0.393 e. The van der Waals surface area contributed by atoms with E-state index >= 15 is 0 Å². The van der Waals surface area contributed by atoms with E-state index in [2.05, 4.69) is 5.32 Å². The average molecular weight is 264 g/mol. The van der Waals surface area contributed by atoms with Gasteiger partial charge >= 0.3 is 0 Å². The third-order valence-corrected chi connectivity index (χ3v) is 3.91. The molecule has 1 fully saturated rings. The lowest BCUT2D eigenvalue weighted by molar-refractivity contribution is -0.384. The van der Waals surface area contributed by atoms with Crippen molar-refractivity contribution in [2.75, 3.05) is 6.54 Å². The van der Waals surface area contributed by atoms with Gasteiger partial charge in [0.1, 0.15) is 0 Å². The number of nitrogens with zero attached hydrogens (tertiary/aromatic N) is 1. The highest BCUT2D eigenvalue weighted by molar-refractivity contribution is 5.34. The molecule has 1 aliphatic rings. The second kappa shape index (κ2) is 6.12. The van der Waals surface area contributed by atoms with Crippen LogP contribution in [-0.2, 0) is 0 Å². The Morgan fingerprint density at radius 2 is 2.11 bits per heavy atom. The van der Waals surface area contributed by atoms with Crippen LogP contribution >= 0.6 is 0 Å². The van der Waals surface area contributed by atoms with Crippen LogP contribution in [0.1, 0.15) is 37.8 Å². The Morgan fingerprint density at radius 1 is 1.42 bits per heavy atom. The quantitative estimate of drug-likeness (QED) is 0.632. The highest BCUT2D eigenvalue weighted by Crippen LogP contribution is 2.25. The number of nitro benzene ring substituents is 1. The fraction of sp³-hybridized carbons (Fsp3) is 0.571. The normalized spacial score (nSPS) is 24.3. The molecular formula is C14H20N2O3. The summed E-state index contributed by atoms with van der Waals surface area (Å²) in [7, 11) is 0. The molecule has 0 aliphatic heterocycles. The van der Waals surface area contributed by atoms with Crippen LogP contribution < -0.4 is 5.32 Å². The van der Waals surface area contributed by atoms with Gasteiger partial charge in [-0.3, -0.25) is 10.1 Å². The van der Waals surface area contributed by atoms with E-state index in [1.807, 2.05) is 6.92 Å². The van der Waals surface area contributed by atoms with Gasteiger partial charge in [-0.05, 0) is 31.2 Å². The Bertz CT molecular complexity index is 433. The number of benzene rings is 1. The van der Waals surface area contributed by atoms with Gasteiger partial charge in [0.2, 0.25) is 0 Å². The maximum absolute atomic E-state index is 10.6. The zero-order chi connectivity index (χ0) is 13.8. The van der Waals surface area contributed by atoms with E-state index in [0.717, 1.165) is 31.4 Å². The van der Waals surface area contributed by atoms with Crippen LogP contribution in [0.4, 0.5) is 5.69 Å². The van der Waals surface area contributed by atoms with Crippen molar-refractivity contribution in [1.29, 1.82) is 0 Å². The van der Waals surface area contributed by atoms with Gasteiger partial charge in [0.05, 0.1) is 11.0 Å². The Kier molecular flexibility index (Phi) is 4.50. The second-order valence-electron chi connectivity index (χ2n) is 5.24. The molecule has 1 saturated carbocycles. The van der Waals surface area contributed by atoms with E-state index in [1.54, 1.807) is 12.1 Å². The molecule has 3 atom stereocenters. The van der Waals surface area contributed by atoms with Gasteiger partial charge in [-0.15, -0.1) is 0 Å². The Hall–Kier alpha value is -1.46. The zero-order valence-corrected chi connectivity index (χ0v) is 11.1. The van der Waals surface area contributed by atoms with E-state index < -0.39 is 4.92 Å². The molecular weight excluding hydrogens is 244 g/mol. The number of non-ortho nitro benzene ring substituents is 1. The molecule has 104 valence electrons. The maximum atomic E-state index is 10.6. The summed E-state index contributed by atoms with van der Waals surface area (Å²) in [6.07, 6.45) is 2.88. The number of aliphatic hydroxyl groups excluding tert-OH is 1. The van der Waals surface area contributed by atoms with Crippen LogP contribution in [0.2, 0.25) is 0 Å². The van der Waals surface area contributed by atoms with Crippen LogP contribution in [0.5, 0.6) is 0 Å². The van der Waals surface area contributed by atoms with Crippen molar-refractivity contribution >= 4 is 5.69 Å². The van der Waals surface area contributed by atoms with Gasteiger partial charge in [0.25, 0.3) is 5.69 Å². The number of hydrogen-bond donors (Lipinski definition) is 2. The Morgan fingerprint density at radius 3 is 2.63 bits per heavy atom. The molecule has 19 heavy (non-hydrogen) atoms. The van der Waals surface area contributed by atoms with Gasteiger partial charge in [0, 0.05) is 24.7 Å². The lowest BCUT2D eigenvalue weighted by Gasteiger charge is -2.19. The van der Waals surface area contributed by atoms with Gasteiger partial charge in [-0.25, -0.2) is 0 Å². The summed E-state index contributed by atoms with van der Waals surface area (Å²) in [5.41, 5.74) is 1.14. The average Bonchev–Trinajstić information content (AvgIpc) is 2.81. The lowest BCUT2D eigenvalue weighted by Crippen LogP contribution is -2.29. The van der Waals surface area contributed by atoms with E-state index in [0.29, 0.717) is 5.92 Å². The predicted octanol–water partition coefficient (Wildman–Crippen LogP) is 2.41. The largest absolute Gasteiger partial charge is 0.393 e. The molecule has 1 aliphatic carbocycles. The van der Waals surface area contributed by atoms with E-state index in [1.165, 1.54) is 12.1 Å². The van der Waals surface area contributed by atoms with Crippen LogP contribution in [0.15, 0.2) is 24.3 Å². The van der Waals surface area contributed by atoms with Crippen LogP contribution in [0, 0.1) is 16.0 Å². The number of aliphatic hydroxyl groups is 1. The van der Waals surface area contributed by atoms with Crippen molar-refractivity contribution in [3.8, 4) is 0 Å². The summed E-state index contributed by atoms with van der Waals surface area (Å²) < 4.78 is 0. The first-order chi connectivity index (χ1) is 9.08. The van der Waals surface area contributed by atoms with E-state index in [-0.39, 0.29) is 17.8 Å².